The van der Waals surface area contributed by atoms with E-state index in [2.05, 4.69) is 52.1 Å². The highest BCUT2D eigenvalue weighted by Crippen LogP contribution is 2.30. The van der Waals surface area contributed by atoms with Crippen molar-refractivity contribution in [1.82, 2.24) is 55.6 Å². The molecule has 2 aliphatic rings. The first-order chi connectivity index (χ1) is 32.9. The number of piperazine rings is 1. The number of H-pyrrole nitrogens is 1. The molecule has 5 heterocycles. The highest BCUT2D eigenvalue weighted by atomic mass is 35.5. The zero-order chi connectivity index (χ0) is 49.4. The molecule has 5 N–H and O–H groups in total. The van der Waals surface area contributed by atoms with E-state index in [0.29, 0.717) is 48.2 Å². The molecule has 7 rings (SSSR count). The Balaban J connectivity index is 0.804. The second-order valence-corrected chi connectivity index (χ2v) is 20.2. The molecule has 2 aliphatic heterocycles. The topological polar surface area (TPSA) is 227 Å². The minimum Gasteiger partial charge on any atom is -0.391 e. The van der Waals surface area contributed by atoms with Gasteiger partial charge in [0.1, 0.15) is 30.5 Å². The van der Waals surface area contributed by atoms with Gasteiger partial charge in [-0.3, -0.25) is 38.8 Å². The van der Waals surface area contributed by atoms with E-state index in [1.165, 1.54) is 4.90 Å². The van der Waals surface area contributed by atoms with Gasteiger partial charge in [0.05, 0.1) is 63.4 Å². The quantitative estimate of drug-likeness (QED) is 0.0763. The Hall–Kier alpha value is -6.01. The van der Waals surface area contributed by atoms with Crippen LogP contribution in [0.2, 0.25) is 5.02 Å². The van der Waals surface area contributed by atoms with Crippen LogP contribution in [0.5, 0.6) is 0 Å². The number of thiazole rings is 1. The number of aryl methyl sites for hydroxylation is 1. The molecule has 0 aliphatic carbocycles. The monoisotopic (exact) mass is 980 g/mol. The molecular weight excluding hydrogens is 920 g/mol. The number of nitrogens with zero attached hydrogens (tertiary/aromatic N) is 8. The van der Waals surface area contributed by atoms with Crippen LogP contribution in [-0.4, -0.2) is 145 Å². The average molecular weight is 982 g/mol. The molecule has 5 atom stereocenters. The van der Waals surface area contributed by atoms with E-state index < -0.39 is 35.4 Å². The number of ether oxygens (including phenoxy) is 1. The smallest absolute Gasteiger partial charge is 0.272 e. The number of nitriles is 1. The summed E-state index contributed by atoms with van der Waals surface area (Å²) in [5.41, 5.74) is 7.06. The van der Waals surface area contributed by atoms with Gasteiger partial charge in [0.25, 0.3) is 5.91 Å². The number of likely N-dealkylation sites (tertiary alicyclic amines) is 1. The number of aliphatic hydroxyl groups excluding tert-OH is 1. The van der Waals surface area contributed by atoms with E-state index in [1.807, 2.05) is 83.6 Å². The van der Waals surface area contributed by atoms with E-state index in [1.54, 1.807) is 40.3 Å². The van der Waals surface area contributed by atoms with Crippen LogP contribution in [-0.2, 0) is 32.2 Å². The van der Waals surface area contributed by atoms with Gasteiger partial charge in [-0.1, -0.05) is 62.7 Å². The van der Waals surface area contributed by atoms with Crippen molar-refractivity contribution in [3.8, 4) is 27.8 Å². The number of aromatic amines is 1. The van der Waals surface area contributed by atoms with Gasteiger partial charge in [-0.25, -0.2) is 4.98 Å². The fourth-order valence-electron chi connectivity index (χ4n) is 8.55. The maximum absolute atomic E-state index is 14.1. The molecule has 4 amide bonds. The summed E-state index contributed by atoms with van der Waals surface area (Å²) < 4.78 is 7.53. The van der Waals surface area contributed by atoms with Crippen LogP contribution in [0.15, 0.2) is 66.3 Å². The zero-order valence-corrected chi connectivity index (χ0v) is 41.4. The van der Waals surface area contributed by atoms with E-state index in [9.17, 15) is 24.3 Å². The molecule has 0 spiro atoms. The molecule has 20 heteroatoms. The predicted molar refractivity (Wildman–Crippen MR) is 262 cm³/mol. The van der Waals surface area contributed by atoms with E-state index in [0.717, 1.165) is 59.1 Å². The minimum absolute atomic E-state index is 0.0172. The maximum Gasteiger partial charge on any atom is 0.272 e. The lowest BCUT2D eigenvalue weighted by atomic mass is 9.85. The van der Waals surface area contributed by atoms with Crippen LogP contribution in [0.4, 0.5) is 0 Å². The summed E-state index contributed by atoms with van der Waals surface area (Å²) in [6, 6.07) is 16.3. The largest absolute Gasteiger partial charge is 0.391 e. The number of amides is 4. The van der Waals surface area contributed by atoms with Crippen molar-refractivity contribution >= 4 is 46.6 Å². The summed E-state index contributed by atoms with van der Waals surface area (Å²) in [6.45, 7) is 16.2. The van der Waals surface area contributed by atoms with E-state index in [-0.39, 0.29) is 43.5 Å². The van der Waals surface area contributed by atoms with Crippen molar-refractivity contribution in [1.29, 1.82) is 5.26 Å². The molecule has 2 saturated heterocycles. The third-order valence-electron chi connectivity index (χ3n) is 12.4. The Morgan fingerprint density at radius 2 is 1.72 bits per heavy atom. The molecule has 3 aromatic heterocycles. The fraction of sp³-hybridized carbons (Fsp3) is 0.469. The number of aromatic nitrogens is 5. The predicted octanol–water partition coefficient (Wildman–Crippen LogP) is 4.55. The fourth-order valence-corrected chi connectivity index (χ4v) is 9.59. The third-order valence-corrected chi connectivity index (χ3v) is 13.7. The lowest BCUT2D eigenvalue weighted by Crippen LogP contribution is -2.58. The molecule has 5 aromatic rings. The summed E-state index contributed by atoms with van der Waals surface area (Å²) in [7, 11) is 0. The van der Waals surface area contributed by atoms with Crippen molar-refractivity contribution in [2.24, 2.45) is 5.41 Å². The van der Waals surface area contributed by atoms with Gasteiger partial charge < -0.3 is 30.7 Å². The van der Waals surface area contributed by atoms with Crippen molar-refractivity contribution in [2.45, 2.75) is 91.3 Å². The van der Waals surface area contributed by atoms with Crippen molar-refractivity contribution in [2.75, 3.05) is 52.5 Å². The van der Waals surface area contributed by atoms with Gasteiger partial charge in [-0.15, -0.1) is 11.3 Å². The Morgan fingerprint density at radius 1 is 1.00 bits per heavy atom. The molecule has 2 aromatic carbocycles. The Bertz CT molecular complexity index is 2630. The number of carbonyl (C=O) groups excluding carboxylic acids is 4. The molecule has 366 valence electrons. The first-order valence-electron chi connectivity index (χ1n) is 23.2. The second-order valence-electron chi connectivity index (χ2n) is 18.9. The van der Waals surface area contributed by atoms with Crippen LogP contribution in [0.25, 0.3) is 21.7 Å². The summed E-state index contributed by atoms with van der Waals surface area (Å²) in [6.07, 6.45) is 1.04. The Morgan fingerprint density at radius 3 is 2.41 bits per heavy atom. The number of benzene rings is 2. The minimum atomic E-state index is -0.961. The van der Waals surface area contributed by atoms with Crippen molar-refractivity contribution in [3.05, 3.63) is 99.5 Å². The van der Waals surface area contributed by atoms with Gasteiger partial charge >= 0.3 is 0 Å². The SMILES string of the molecule is Cc1ncsc1-c1ccc([C@H](C)NC(=O)[C@@H]2C[C@@H](O)CN2C(=O)C(NC(=O)COCCN2CCN(Cc3cc(C(=O)NC(C)Cn4ccc(-c5ccc(C#N)c(Cl)c5)n4)n[nH]3)CC2)C(C)(C)C)cc1. The first kappa shape index (κ1) is 50.9. The Labute approximate surface area is 411 Å². The second kappa shape index (κ2) is 22.6. The highest BCUT2D eigenvalue weighted by Gasteiger charge is 2.44. The van der Waals surface area contributed by atoms with Crippen molar-refractivity contribution in [3.63, 3.8) is 0 Å². The lowest BCUT2D eigenvalue weighted by molar-refractivity contribution is -0.144. The summed E-state index contributed by atoms with van der Waals surface area (Å²) in [5.74, 6) is -1.54. The van der Waals surface area contributed by atoms with Gasteiger partial charge in [0.2, 0.25) is 17.7 Å². The number of β-amino-alcohol motifs (C(OH)–C–C–N with tert-alkyl or cyclic N) is 1. The van der Waals surface area contributed by atoms with Crippen LogP contribution in [0.3, 0.4) is 0 Å². The number of hydrogen-bond acceptors (Lipinski definition) is 13. The summed E-state index contributed by atoms with van der Waals surface area (Å²) in [4.78, 5) is 65.4. The van der Waals surface area contributed by atoms with Crippen LogP contribution < -0.4 is 16.0 Å². The highest BCUT2D eigenvalue weighted by molar-refractivity contribution is 7.13. The number of nitrogens with one attached hydrogen (secondary N) is 4. The number of hydrogen-bond donors (Lipinski definition) is 5. The average Bonchev–Trinajstić information content (AvgIpc) is 4.15. The molecule has 2 unspecified atom stereocenters. The summed E-state index contributed by atoms with van der Waals surface area (Å²) >= 11 is 7.77. The lowest BCUT2D eigenvalue weighted by Gasteiger charge is -2.35. The molecule has 0 bridgehead atoms. The van der Waals surface area contributed by atoms with E-state index in [4.69, 9.17) is 21.6 Å². The van der Waals surface area contributed by atoms with Crippen LogP contribution in [0, 0.1) is 23.7 Å². The number of halogens is 1. The molecule has 2 fully saturated rings. The zero-order valence-electron chi connectivity index (χ0n) is 39.9. The molecule has 18 nitrogen and oxygen atoms in total. The molecule has 0 saturated carbocycles. The first-order valence-corrected chi connectivity index (χ1v) is 24.4. The molecular formula is C49H61ClN12O6S. The summed E-state index contributed by atoms with van der Waals surface area (Å²) in [5, 5.41) is 40.9. The number of aliphatic hydroxyl groups is 1. The molecule has 0 radical (unpaired) electrons. The van der Waals surface area contributed by atoms with Gasteiger partial charge in [0, 0.05) is 70.0 Å². The molecule has 69 heavy (non-hydrogen) atoms. The Kier molecular flexibility index (Phi) is 16.7. The van der Waals surface area contributed by atoms with Gasteiger partial charge in [-0.05, 0) is 61.6 Å². The number of carbonyl (C=O) groups is 4. The van der Waals surface area contributed by atoms with E-state index >= 15 is 0 Å². The normalized spacial score (nSPS) is 18.0. The van der Waals surface area contributed by atoms with Crippen LogP contribution in [0.1, 0.15) is 80.1 Å². The standard InChI is InChI=1S/C49H61ClN12O6S/c1-30(25-61-14-13-40(58-61)35-11-12-36(24-51)39(50)21-35)53-46(65)41-22-37(56-57-41)26-60-17-15-59(16-18-60)19-20-68-28-43(64)55-45(49(4,5)6)48(67)62-27-38(63)23-42(62)47(66)54-31(2)33-7-9-34(10-8-33)44-32(3)52-29-69-44/h7-14,21-22,29-31,38,42,45,63H,15-20,23,25-28H2,1-6H3,(H,53,65)(H,54,66)(H,55,64)(H,56,57)/t30?,31-,38+,42-,45?/m0/s1. The third kappa shape index (κ3) is 13.2. The van der Waals surface area contributed by atoms with Crippen molar-refractivity contribution < 1.29 is 29.0 Å². The van der Waals surface area contributed by atoms with Gasteiger partial charge in [-0.2, -0.15) is 15.5 Å². The number of rotatable bonds is 18. The van der Waals surface area contributed by atoms with Crippen LogP contribution >= 0.6 is 22.9 Å². The van der Waals surface area contributed by atoms with Gasteiger partial charge in [0.15, 0.2) is 0 Å². The maximum atomic E-state index is 14.1.